The van der Waals surface area contributed by atoms with Crippen LogP contribution >= 0.6 is 0 Å². The van der Waals surface area contributed by atoms with Gasteiger partial charge in [0.2, 0.25) is 0 Å². The Morgan fingerprint density at radius 2 is 2.19 bits per heavy atom. The van der Waals surface area contributed by atoms with Crippen LogP contribution in [0.3, 0.4) is 0 Å². The van der Waals surface area contributed by atoms with Crippen LogP contribution in [0.4, 0.5) is 5.82 Å². The Labute approximate surface area is 94.9 Å². The van der Waals surface area contributed by atoms with Crippen LogP contribution in [0.5, 0.6) is 0 Å². The van der Waals surface area contributed by atoms with E-state index in [-0.39, 0.29) is 0 Å². The molecule has 0 aliphatic rings. The molecular formula is C11H17N5. The van der Waals surface area contributed by atoms with Crippen molar-refractivity contribution in [2.45, 2.75) is 32.9 Å². The lowest BCUT2D eigenvalue weighted by molar-refractivity contribution is 0.519. The summed E-state index contributed by atoms with van der Waals surface area (Å²) in [4.78, 5) is 4.28. The largest absolute Gasteiger partial charge is 0.382 e. The van der Waals surface area contributed by atoms with E-state index in [0.717, 1.165) is 31.8 Å². The van der Waals surface area contributed by atoms with Gasteiger partial charge in [-0.15, -0.1) is 0 Å². The number of aromatic nitrogens is 4. The van der Waals surface area contributed by atoms with Crippen LogP contribution in [-0.4, -0.2) is 19.3 Å². The van der Waals surface area contributed by atoms with Crippen LogP contribution in [-0.2, 0) is 19.5 Å². The molecule has 2 N–H and O–H groups in total. The summed E-state index contributed by atoms with van der Waals surface area (Å²) in [7, 11) is 0. The lowest BCUT2D eigenvalue weighted by atomic mass is 10.4. The van der Waals surface area contributed by atoms with Crippen molar-refractivity contribution in [1.82, 2.24) is 19.3 Å². The first-order valence-electron chi connectivity index (χ1n) is 5.58. The van der Waals surface area contributed by atoms with Gasteiger partial charge in [-0.25, -0.2) is 4.98 Å². The van der Waals surface area contributed by atoms with E-state index in [1.165, 1.54) is 0 Å². The molecule has 0 aromatic carbocycles. The van der Waals surface area contributed by atoms with Gasteiger partial charge >= 0.3 is 0 Å². The Morgan fingerprint density at radius 1 is 1.31 bits per heavy atom. The number of hydrogen-bond donors (Lipinski definition) is 1. The molecule has 0 spiro atoms. The van der Waals surface area contributed by atoms with E-state index in [9.17, 15) is 0 Å². The maximum atomic E-state index is 5.54. The quantitative estimate of drug-likeness (QED) is 0.824. The predicted octanol–water partition coefficient (Wildman–Crippen LogP) is 1.31. The van der Waals surface area contributed by atoms with Crippen LogP contribution in [0, 0.1) is 0 Å². The molecule has 0 aliphatic carbocycles. The van der Waals surface area contributed by atoms with Gasteiger partial charge in [-0.3, -0.25) is 4.68 Å². The number of nitrogens with two attached hydrogens (primary N) is 1. The van der Waals surface area contributed by atoms with Gasteiger partial charge in [0.25, 0.3) is 0 Å². The van der Waals surface area contributed by atoms with Gasteiger partial charge in [-0.2, -0.15) is 5.10 Å². The van der Waals surface area contributed by atoms with Gasteiger partial charge in [0.1, 0.15) is 11.6 Å². The van der Waals surface area contributed by atoms with Crippen molar-refractivity contribution in [2.75, 3.05) is 5.73 Å². The van der Waals surface area contributed by atoms with Crippen molar-refractivity contribution >= 4 is 5.82 Å². The summed E-state index contributed by atoms with van der Waals surface area (Å²) < 4.78 is 4.06. The van der Waals surface area contributed by atoms with Crippen LogP contribution in [0.15, 0.2) is 24.7 Å². The first kappa shape index (κ1) is 10.7. The van der Waals surface area contributed by atoms with Crippen LogP contribution in [0.1, 0.15) is 19.2 Å². The first-order valence-corrected chi connectivity index (χ1v) is 5.58. The molecule has 0 bridgehead atoms. The average Bonchev–Trinajstić information content (AvgIpc) is 2.87. The third-order valence-electron chi connectivity index (χ3n) is 2.57. The fourth-order valence-corrected chi connectivity index (χ4v) is 1.76. The second-order valence-electron chi connectivity index (χ2n) is 3.75. The van der Waals surface area contributed by atoms with Crippen molar-refractivity contribution in [3.8, 4) is 0 Å². The van der Waals surface area contributed by atoms with Crippen molar-refractivity contribution in [1.29, 1.82) is 0 Å². The molecule has 0 atom stereocenters. The zero-order chi connectivity index (χ0) is 11.4. The number of nitrogen functional groups attached to an aromatic ring is 1. The van der Waals surface area contributed by atoms with Crippen molar-refractivity contribution in [3.05, 3.63) is 30.5 Å². The third-order valence-corrected chi connectivity index (χ3v) is 2.57. The molecule has 0 saturated heterocycles. The number of hydrogen-bond acceptors (Lipinski definition) is 3. The van der Waals surface area contributed by atoms with Crippen molar-refractivity contribution in [3.63, 3.8) is 0 Å². The van der Waals surface area contributed by atoms with Gasteiger partial charge in [-0.05, 0) is 12.5 Å². The van der Waals surface area contributed by atoms with Crippen LogP contribution in [0.2, 0.25) is 0 Å². The second-order valence-corrected chi connectivity index (χ2v) is 3.75. The molecule has 2 aromatic rings. The van der Waals surface area contributed by atoms with E-state index in [1.54, 1.807) is 0 Å². The lowest BCUT2D eigenvalue weighted by Gasteiger charge is -2.06. The van der Waals surface area contributed by atoms with Gasteiger partial charge in [0, 0.05) is 38.1 Å². The van der Waals surface area contributed by atoms with E-state index in [1.807, 2.05) is 29.3 Å². The predicted molar refractivity (Wildman–Crippen MR) is 62.9 cm³/mol. The maximum absolute atomic E-state index is 5.54. The Morgan fingerprint density at radius 3 is 2.88 bits per heavy atom. The zero-order valence-electron chi connectivity index (χ0n) is 9.50. The first-order chi connectivity index (χ1) is 7.79. The van der Waals surface area contributed by atoms with Crippen molar-refractivity contribution < 1.29 is 0 Å². The molecule has 0 aliphatic heterocycles. The van der Waals surface area contributed by atoms with Crippen LogP contribution < -0.4 is 5.73 Å². The van der Waals surface area contributed by atoms with Gasteiger partial charge in [0.15, 0.2) is 0 Å². The summed E-state index contributed by atoms with van der Waals surface area (Å²) >= 11 is 0. The van der Waals surface area contributed by atoms with Gasteiger partial charge in [-0.1, -0.05) is 6.92 Å². The minimum atomic E-state index is 0.580. The minimum Gasteiger partial charge on any atom is -0.382 e. The van der Waals surface area contributed by atoms with Crippen LogP contribution in [0.25, 0.3) is 0 Å². The summed E-state index contributed by atoms with van der Waals surface area (Å²) in [6.45, 7) is 3.98. The Balaban J connectivity index is 1.84. The summed E-state index contributed by atoms with van der Waals surface area (Å²) in [5, 5.41) is 4.14. The normalized spacial score (nSPS) is 10.8. The molecule has 2 heterocycles. The fourth-order valence-electron chi connectivity index (χ4n) is 1.76. The smallest absolute Gasteiger partial charge is 0.145 e. The number of nitrogens with zero attached hydrogens (tertiary/aromatic N) is 4. The highest BCUT2D eigenvalue weighted by Crippen LogP contribution is 2.02. The van der Waals surface area contributed by atoms with E-state index >= 15 is 0 Å². The Hall–Kier alpha value is -1.78. The van der Waals surface area contributed by atoms with E-state index < -0.39 is 0 Å². The monoisotopic (exact) mass is 219 g/mol. The molecule has 0 amide bonds. The highest BCUT2D eigenvalue weighted by Gasteiger charge is 2.00. The minimum absolute atomic E-state index is 0.580. The zero-order valence-corrected chi connectivity index (χ0v) is 9.50. The molecule has 0 unspecified atom stereocenters. The Bertz CT molecular complexity index is 443. The molecule has 0 fully saturated rings. The highest BCUT2D eigenvalue weighted by molar-refractivity contribution is 5.23. The molecule has 2 aromatic heterocycles. The lowest BCUT2D eigenvalue weighted by Crippen LogP contribution is -2.06. The molecule has 0 saturated carbocycles. The molecule has 0 radical (unpaired) electrons. The molecule has 5 nitrogen and oxygen atoms in total. The standard InChI is InChI=1S/C11H17N5/c1-2-11-13-5-9-15(11)6-3-7-16-8-4-10(12)14-16/h4-5,8-9H,2-3,6-7H2,1H3,(H2,12,14). The SMILES string of the molecule is CCc1nccn1CCCn1ccc(N)n1. The second kappa shape index (κ2) is 4.83. The molecule has 16 heavy (non-hydrogen) atoms. The van der Waals surface area contributed by atoms with Crippen molar-refractivity contribution in [2.24, 2.45) is 0 Å². The van der Waals surface area contributed by atoms with E-state index in [4.69, 9.17) is 5.73 Å². The fraction of sp³-hybridized carbons (Fsp3) is 0.455. The van der Waals surface area contributed by atoms with Gasteiger partial charge in [0.05, 0.1) is 0 Å². The summed E-state index contributed by atoms with van der Waals surface area (Å²) in [5.41, 5.74) is 5.54. The number of imidazole rings is 1. The Kier molecular flexibility index (Phi) is 3.24. The summed E-state index contributed by atoms with van der Waals surface area (Å²) in [5.74, 6) is 1.72. The van der Waals surface area contributed by atoms with Gasteiger partial charge < -0.3 is 10.3 Å². The maximum Gasteiger partial charge on any atom is 0.145 e. The topological polar surface area (TPSA) is 61.7 Å². The summed E-state index contributed by atoms with van der Waals surface area (Å²) in [6.07, 6.45) is 7.79. The number of aryl methyl sites for hydroxylation is 3. The third kappa shape index (κ3) is 2.42. The van der Waals surface area contributed by atoms with E-state index in [0.29, 0.717) is 5.82 Å². The number of anilines is 1. The summed E-state index contributed by atoms with van der Waals surface area (Å²) in [6, 6.07) is 1.81. The molecular weight excluding hydrogens is 202 g/mol. The molecule has 86 valence electrons. The van der Waals surface area contributed by atoms with E-state index in [2.05, 4.69) is 21.6 Å². The molecule has 2 rings (SSSR count). The molecule has 5 heteroatoms. The average molecular weight is 219 g/mol. The highest BCUT2D eigenvalue weighted by atomic mass is 15.3. The number of rotatable bonds is 5.